The van der Waals surface area contributed by atoms with Crippen molar-refractivity contribution >= 4 is 21.4 Å². The van der Waals surface area contributed by atoms with E-state index in [0.29, 0.717) is 0 Å². The van der Waals surface area contributed by atoms with Gasteiger partial charge in [0, 0.05) is 20.5 Å². The fourth-order valence-electron chi connectivity index (χ4n) is 2.71. The molecule has 1 aromatic heterocycles. The second-order valence-electron chi connectivity index (χ2n) is 4.85. The van der Waals surface area contributed by atoms with Crippen LogP contribution < -0.4 is 5.43 Å². The van der Waals surface area contributed by atoms with E-state index in [4.69, 9.17) is 0 Å². The Morgan fingerprint density at radius 1 is 1.35 bits per heavy atom. The second-order valence-corrected chi connectivity index (χ2v) is 5.98. The van der Waals surface area contributed by atoms with Gasteiger partial charge in [0.1, 0.15) is 0 Å². The molecule has 0 saturated carbocycles. The molecule has 1 atom stereocenters. The Balaban J connectivity index is 2.22. The maximum Gasteiger partial charge on any atom is 0.191 e. The average molecular weight is 244 g/mol. The van der Waals surface area contributed by atoms with E-state index >= 15 is 0 Å². The molecule has 0 bridgehead atoms. The van der Waals surface area contributed by atoms with Crippen molar-refractivity contribution in [2.24, 2.45) is 5.92 Å². The summed E-state index contributed by atoms with van der Waals surface area (Å²) in [6.07, 6.45) is 4.50. The summed E-state index contributed by atoms with van der Waals surface area (Å²) in [5.41, 5.74) is 1.38. The summed E-state index contributed by atoms with van der Waals surface area (Å²) in [6, 6.07) is 8.00. The highest BCUT2D eigenvalue weighted by atomic mass is 32.1. The molecule has 88 valence electrons. The van der Waals surface area contributed by atoms with Crippen LogP contribution in [0.4, 0.5) is 0 Å². The molecule has 0 fully saturated rings. The van der Waals surface area contributed by atoms with Crippen LogP contribution in [0.3, 0.4) is 0 Å². The number of hydrogen-bond acceptors (Lipinski definition) is 2. The standard InChI is InChI=1S/C15H16OS/c1-2-10-7-8-12-14(9-10)17-13-6-4-3-5-11(13)15(12)16/h3-6,10H,2,7-9H2,1H3. The van der Waals surface area contributed by atoms with Gasteiger partial charge in [-0.05, 0) is 37.3 Å². The zero-order valence-electron chi connectivity index (χ0n) is 10.0. The quantitative estimate of drug-likeness (QED) is 0.746. The predicted molar refractivity (Wildman–Crippen MR) is 73.9 cm³/mol. The molecule has 1 unspecified atom stereocenters. The summed E-state index contributed by atoms with van der Waals surface area (Å²) in [6.45, 7) is 2.25. The monoisotopic (exact) mass is 244 g/mol. The Morgan fingerprint density at radius 3 is 3.00 bits per heavy atom. The third-order valence-electron chi connectivity index (χ3n) is 3.83. The van der Waals surface area contributed by atoms with Crippen molar-refractivity contribution in [2.75, 3.05) is 0 Å². The molecule has 1 aliphatic carbocycles. The Kier molecular flexibility index (Phi) is 2.75. The molecular formula is C15H16OS. The highest BCUT2D eigenvalue weighted by molar-refractivity contribution is 7.18. The molecule has 1 aliphatic rings. The molecule has 0 aliphatic heterocycles. The van der Waals surface area contributed by atoms with Crippen LogP contribution in [0.5, 0.6) is 0 Å². The fourth-order valence-corrected chi connectivity index (χ4v) is 4.03. The first-order valence-corrected chi connectivity index (χ1v) is 7.15. The number of rotatable bonds is 1. The molecule has 0 N–H and O–H groups in total. The van der Waals surface area contributed by atoms with Crippen molar-refractivity contribution < 1.29 is 0 Å². The van der Waals surface area contributed by atoms with Gasteiger partial charge in [0.05, 0.1) is 0 Å². The smallest absolute Gasteiger partial charge is 0.191 e. The van der Waals surface area contributed by atoms with Crippen molar-refractivity contribution in [3.8, 4) is 0 Å². The van der Waals surface area contributed by atoms with Crippen molar-refractivity contribution in [2.45, 2.75) is 32.6 Å². The molecule has 17 heavy (non-hydrogen) atoms. The number of fused-ring (bicyclic) bond motifs is 2. The summed E-state index contributed by atoms with van der Waals surface area (Å²) in [7, 11) is 0. The van der Waals surface area contributed by atoms with Crippen LogP contribution in [0.2, 0.25) is 0 Å². The van der Waals surface area contributed by atoms with E-state index in [2.05, 4.69) is 13.0 Å². The number of benzene rings is 1. The first kappa shape index (κ1) is 11.0. The molecular weight excluding hydrogens is 228 g/mol. The zero-order chi connectivity index (χ0) is 11.8. The molecule has 0 spiro atoms. The van der Waals surface area contributed by atoms with Crippen LogP contribution >= 0.6 is 11.3 Å². The van der Waals surface area contributed by atoms with E-state index in [1.165, 1.54) is 17.7 Å². The van der Waals surface area contributed by atoms with Gasteiger partial charge in [-0.2, -0.15) is 0 Å². The Morgan fingerprint density at radius 2 is 2.18 bits per heavy atom. The minimum atomic E-state index is 0.281. The van der Waals surface area contributed by atoms with Crippen LogP contribution in [-0.2, 0) is 12.8 Å². The molecule has 2 heteroatoms. The molecule has 0 radical (unpaired) electrons. The van der Waals surface area contributed by atoms with Crippen LogP contribution in [0.15, 0.2) is 29.1 Å². The largest absolute Gasteiger partial charge is 0.289 e. The zero-order valence-corrected chi connectivity index (χ0v) is 10.8. The van der Waals surface area contributed by atoms with Crippen molar-refractivity contribution in [1.29, 1.82) is 0 Å². The lowest BCUT2D eigenvalue weighted by molar-refractivity contribution is 0.448. The number of hydrogen-bond donors (Lipinski definition) is 0. The Labute approximate surface area is 105 Å². The summed E-state index contributed by atoms with van der Waals surface area (Å²) in [5.74, 6) is 0.777. The fraction of sp³-hybridized carbons (Fsp3) is 0.400. The van der Waals surface area contributed by atoms with Crippen LogP contribution in [-0.4, -0.2) is 0 Å². The third-order valence-corrected chi connectivity index (χ3v) is 5.06. The molecule has 3 rings (SSSR count). The Bertz CT molecular complexity index is 612. The van der Waals surface area contributed by atoms with Gasteiger partial charge in [0.25, 0.3) is 0 Å². The van der Waals surface area contributed by atoms with Gasteiger partial charge < -0.3 is 0 Å². The van der Waals surface area contributed by atoms with Gasteiger partial charge in [-0.3, -0.25) is 4.79 Å². The summed E-state index contributed by atoms with van der Waals surface area (Å²) in [5, 5.41) is 0.909. The molecule has 1 aromatic carbocycles. The van der Waals surface area contributed by atoms with Gasteiger partial charge in [-0.1, -0.05) is 25.5 Å². The van der Waals surface area contributed by atoms with Crippen molar-refractivity contribution in [3.05, 3.63) is 44.9 Å². The van der Waals surface area contributed by atoms with E-state index in [9.17, 15) is 4.79 Å². The maximum atomic E-state index is 12.4. The van der Waals surface area contributed by atoms with Gasteiger partial charge in [-0.25, -0.2) is 0 Å². The lowest BCUT2D eigenvalue weighted by Gasteiger charge is -2.22. The minimum absolute atomic E-state index is 0.281. The molecule has 0 amide bonds. The van der Waals surface area contributed by atoms with Crippen LogP contribution in [0.25, 0.3) is 10.1 Å². The Hall–Kier alpha value is -1.15. The highest BCUT2D eigenvalue weighted by Crippen LogP contribution is 2.31. The lowest BCUT2D eigenvalue weighted by Crippen LogP contribution is -2.20. The molecule has 1 nitrogen and oxygen atoms in total. The molecule has 2 aromatic rings. The topological polar surface area (TPSA) is 17.1 Å². The van der Waals surface area contributed by atoms with Crippen molar-refractivity contribution in [1.82, 2.24) is 0 Å². The van der Waals surface area contributed by atoms with E-state index < -0.39 is 0 Å². The maximum absolute atomic E-state index is 12.4. The first-order chi connectivity index (χ1) is 8.29. The van der Waals surface area contributed by atoms with Gasteiger partial charge >= 0.3 is 0 Å². The SMILES string of the molecule is CCC1CCc2c(sc3ccccc3c2=O)C1. The van der Waals surface area contributed by atoms with Crippen LogP contribution in [0.1, 0.15) is 30.2 Å². The van der Waals surface area contributed by atoms with Gasteiger partial charge in [0.15, 0.2) is 5.43 Å². The molecule has 1 heterocycles. The summed E-state index contributed by atoms with van der Waals surface area (Å²) < 4.78 is 1.15. The van der Waals surface area contributed by atoms with E-state index in [-0.39, 0.29) is 5.43 Å². The average Bonchev–Trinajstić information content (AvgIpc) is 2.38. The highest BCUT2D eigenvalue weighted by Gasteiger charge is 2.21. The first-order valence-electron chi connectivity index (χ1n) is 6.33. The van der Waals surface area contributed by atoms with Crippen molar-refractivity contribution in [3.63, 3.8) is 0 Å². The van der Waals surface area contributed by atoms with Gasteiger partial charge in [-0.15, -0.1) is 11.3 Å². The van der Waals surface area contributed by atoms with Crippen LogP contribution in [0, 0.1) is 5.92 Å². The minimum Gasteiger partial charge on any atom is -0.289 e. The molecule has 0 saturated heterocycles. The van der Waals surface area contributed by atoms with E-state index in [1.54, 1.807) is 0 Å². The van der Waals surface area contributed by atoms with E-state index in [0.717, 1.165) is 34.4 Å². The van der Waals surface area contributed by atoms with Gasteiger partial charge in [0.2, 0.25) is 0 Å². The third kappa shape index (κ3) is 1.81. The predicted octanol–water partition coefficient (Wildman–Crippen LogP) is 3.78. The second kappa shape index (κ2) is 4.26. The van der Waals surface area contributed by atoms with E-state index in [1.807, 2.05) is 29.5 Å². The summed E-state index contributed by atoms with van der Waals surface area (Å²) >= 11 is 1.82. The summed E-state index contributed by atoms with van der Waals surface area (Å²) in [4.78, 5) is 13.7. The lowest BCUT2D eigenvalue weighted by atomic mass is 9.87. The normalized spacial score (nSPS) is 19.2.